The van der Waals surface area contributed by atoms with Gasteiger partial charge in [-0.2, -0.15) is 74.6 Å². The Kier molecular flexibility index (Phi) is 8.35. The Morgan fingerprint density at radius 1 is 0.484 bits per heavy atom. The van der Waals surface area contributed by atoms with Gasteiger partial charge in [-0.25, -0.2) is 8.42 Å². The monoisotopic (exact) mass is 520 g/mol. The summed E-state index contributed by atoms with van der Waals surface area (Å²) in [5.41, 5.74) is 0. The first-order valence-electron chi connectivity index (χ1n) is 6.10. The third-order valence-corrected chi connectivity index (χ3v) is 3.86. The van der Waals surface area contributed by atoms with Gasteiger partial charge in [-0.05, 0) is 0 Å². The van der Waals surface area contributed by atoms with Crippen LogP contribution in [0.15, 0.2) is 0 Å². The Hall–Kier alpha value is -0.683. The molecule has 31 heavy (non-hydrogen) atoms. The molecule has 0 heterocycles. The summed E-state index contributed by atoms with van der Waals surface area (Å²) in [5, 5.41) is 0. The van der Waals surface area contributed by atoms with Gasteiger partial charge in [0.05, 0.1) is 0 Å². The molecule has 0 bridgehead atoms. The third kappa shape index (κ3) is 4.69. The van der Waals surface area contributed by atoms with Crippen molar-refractivity contribution in [1.29, 1.82) is 0 Å². The van der Waals surface area contributed by atoms with Crippen LogP contribution in [-0.2, 0) is 10.1 Å². The van der Waals surface area contributed by atoms with Crippen molar-refractivity contribution >= 4 is 10.1 Å². The zero-order valence-electron chi connectivity index (χ0n) is 13.8. The Labute approximate surface area is 170 Å². The van der Waals surface area contributed by atoms with Crippen molar-refractivity contribution in [3.63, 3.8) is 0 Å². The third-order valence-electron chi connectivity index (χ3n) is 3.15. The van der Waals surface area contributed by atoms with Crippen molar-refractivity contribution in [2.75, 3.05) is 5.75 Å². The molecule has 0 unspecified atom stereocenters. The zero-order chi connectivity index (χ0) is 25.2. The van der Waals surface area contributed by atoms with E-state index in [1.54, 1.807) is 0 Å². The predicted octanol–water partition coefficient (Wildman–Crippen LogP) is 1.54. The molecule has 0 spiro atoms. The van der Waals surface area contributed by atoms with Gasteiger partial charge in [0.2, 0.25) is 0 Å². The molecule has 0 rings (SSSR count). The van der Waals surface area contributed by atoms with Crippen LogP contribution >= 0.6 is 0 Å². The number of rotatable bonds is 8. The molecular weight excluding hydrogens is 518 g/mol. The molecule has 0 N–H and O–H groups in total. The van der Waals surface area contributed by atoms with E-state index in [4.69, 9.17) is 0 Å². The van der Waals surface area contributed by atoms with E-state index in [0.717, 1.165) is 0 Å². The molecule has 182 valence electrons. The molecule has 0 fully saturated rings. The van der Waals surface area contributed by atoms with Crippen LogP contribution < -0.4 is 18.9 Å². The number of hydrogen-bond acceptors (Lipinski definition) is 3. The zero-order valence-corrected chi connectivity index (χ0v) is 14.6. The molecule has 3 nitrogen and oxygen atoms in total. The first kappa shape index (κ1) is 32.5. The average Bonchev–Trinajstić information content (AvgIpc) is 2.41. The standard InChI is InChI=1S/C9H3F17O3S.Li/c10-2(11,1-30(27,28)29)3(12,13)4(14,15)5(16,17)6(18,19)7(20,21)8(22,23)9(24,25)26;/h1H2,(H,27,28,29);/q;+1/p-1. The summed E-state index contributed by atoms with van der Waals surface area (Å²) in [5.74, 6) is -62.6. The van der Waals surface area contributed by atoms with Gasteiger partial charge in [-0.15, -0.1) is 0 Å². The van der Waals surface area contributed by atoms with Crippen molar-refractivity contribution in [3.05, 3.63) is 0 Å². The summed E-state index contributed by atoms with van der Waals surface area (Å²) >= 11 is 0. The smallest absolute Gasteiger partial charge is 0.748 e. The second-order valence-electron chi connectivity index (χ2n) is 5.35. The molecule has 0 saturated carbocycles. The topological polar surface area (TPSA) is 57.2 Å². The van der Waals surface area contributed by atoms with E-state index in [0.29, 0.717) is 0 Å². The number of alkyl halides is 17. The maximum Gasteiger partial charge on any atom is 1.00 e. The van der Waals surface area contributed by atoms with Gasteiger partial charge in [-0.3, -0.25) is 0 Å². The molecule has 0 aliphatic rings. The summed E-state index contributed by atoms with van der Waals surface area (Å²) in [7, 11) is -6.74. The molecule has 0 aliphatic heterocycles. The minimum Gasteiger partial charge on any atom is -0.748 e. The Morgan fingerprint density at radius 3 is 0.935 bits per heavy atom. The van der Waals surface area contributed by atoms with Gasteiger partial charge in [0, 0.05) is 0 Å². The molecule has 0 aromatic carbocycles. The minimum atomic E-state index is -8.81. The van der Waals surface area contributed by atoms with Gasteiger partial charge >= 0.3 is 66.5 Å². The van der Waals surface area contributed by atoms with Crippen LogP contribution in [0.1, 0.15) is 0 Å². The van der Waals surface area contributed by atoms with Crippen molar-refractivity contribution in [2.24, 2.45) is 0 Å². The van der Waals surface area contributed by atoms with Crippen molar-refractivity contribution in [2.45, 2.75) is 47.6 Å². The molecule has 22 heteroatoms. The van der Waals surface area contributed by atoms with Crippen molar-refractivity contribution in [3.8, 4) is 0 Å². The Balaban J connectivity index is 0. The van der Waals surface area contributed by atoms with E-state index in [1.807, 2.05) is 0 Å². The van der Waals surface area contributed by atoms with Gasteiger partial charge in [0.15, 0.2) is 0 Å². The predicted molar refractivity (Wildman–Crippen MR) is 55.2 cm³/mol. The summed E-state index contributed by atoms with van der Waals surface area (Å²) < 4.78 is 247. The van der Waals surface area contributed by atoms with Crippen LogP contribution in [0, 0.1) is 0 Å². The molecule has 0 aromatic heterocycles. The summed E-state index contributed by atoms with van der Waals surface area (Å²) in [6.45, 7) is 0. The van der Waals surface area contributed by atoms with Crippen LogP contribution in [-0.4, -0.2) is 66.4 Å². The fourth-order valence-electron chi connectivity index (χ4n) is 1.51. The molecule has 0 aliphatic carbocycles. The van der Waals surface area contributed by atoms with Crippen LogP contribution in [0.25, 0.3) is 0 Å². The Morgan fingerprint density at radius 2 is 0.710 bits per heavy atom. The van der Waals surface area contributed by atoms with Gasteiger partial charge in [0.25, 0.3) is 0 Å². The summed E-state index contributed by atoms with van der Waals surface area (Å²) in [6, 6.07) is 0. The van der Waals surface area contributed by atoms with Gasteiger partial charge in [0.1, 0.15) is 15.9 Å². The first-order valence-corrected chi connectivity index (χ1v) is 7.68. The normalized spacial score (nSPS) is 16.2. The maximum absolute atomic E-state index is 13.1. The number of halogens is 17. The van der Waals surface area contributed by atoms with Crippen LogP contribution in [0.2, 0.25) is 0 Å². The molecule has 0 aromatic rings. The molecule has 0 atom stereocenters. The van der Waals surface area contributed by atoms with Crippen molar-refractivity contribution < 1.29 is 106 Å². The van der Waals surface area contributed by atoms with E-state index < -0.39 is 63.5 Å². The van der Waals surface area contributed by atoms with Crippen LogP contribution in [0.5, 0.6) is 0 Å². The van der Waals surface area contributed by atoms with E-state index in [9.17, 15) is 87.6 Å². The fraction of sp³-hybridized carbons (Fsp3) is 1.00. The largest absolute Gasteiger partial charge is 1.00 e. The van der Waals surface area contributed by atoms with E-state index >= 15 is 0 Å². The second kappa shape index (κ2) is 7.97. The fourth-order valence-corrected chi connectivity index (χ4v) is 2.13. The SMILES string of the molecule is O=S(=O)([O-])CC(F)(F)C(F)(F)C(F)(F)C(F)(F)C(F)(F)C(F)(F)C(F)(F)C(F)(F)F.[Li+]. The number of hydrogen-bond donors (Lipinski definition) is 0. The second-order valence-corrected chi connectivity index (χ2v) is 6.75. The Bertz CT molecular complexity index is 755. The van der Waals surface area contributed by atoms with Crippen LogP contribution in [0.3, 0.4) is 0 Å². The van der Waals surface area contributed by atoms with E-state index in [2.05, 4.69) is 0 Å². The molecule has 0 amide bonds. The first-order chi connectivity index (χ1) is 12.5. The van der Waals surface area contributed by atoms with E-state index in [1.165, 1.54) is 0 Å². The molecule has 0 radical (unpaired) electrons. The van der Waals surface area contributed by atoms with Crippen LogP contribution in [0.4, 0.5) is 74.6 Å². The van der Waals surface area contributed by atoms with Gasteiger partial charge < -0.3 is 4.55 Å². The molecular formula is C9H2F17LiO3S. The average molecular weight is 520 g/mol. The van der Waals surface area contributed by atoms with Crippen molar-refractivity contribution in [1.82, 2.24) is 0 Å². The minimum absolute atomic E-state index is 0. The quantitative estimate of drug-likeness (QED) is 0.278. The summed E-state index contributed by atoms with van der Waals surface area (Å²) in [4.78, 5) is 0. The van der Waals surface area contributed by atoms with E-state index in [-0.39, 0.29) is 18.9 Å². The summed E-state index contributed by atoms with van der Waals surface area (Å²) in [6.07, 6.45) is -7.87. The van der Waals surface area contributed by atoms with Gasteiger partial charge in [-0.1, -0.05) is 0 Å². The molecule has 0 saturated heterocycles. The maximum atomic E-state index is 13.1.